The van der Waals surface area contributed by atoms with Gasteiger partial charge >= 0.3 is 6.03 Å². The minimum Gasteiger partial charge on any atom is -0.464 e. The summed E-state index contributed by atoms with van der Waals surface area (Å²) in [7, 11) is 0. The van der Waals surface area contributed by atoms with E-state index in [4.69, 9.17) is 4.42 Å². The van der Waals surface area contributed by atoms with Crippen LogP contribution in [0, 0.1) is 6.92 Å². The summed E-state index contributed by atoms with van der Waals surface area (Å²) in [5.41, 5.74) is 1.09. The number of furan rings is 1. The molecule has 0 bridgehead atoms. The zero-order valence-electron chi connectivity index (χ0n) is 12.2. The van der Waals surface area contributed by atoms with Crippen LogP contribution in [-0.2, 0) is 4.79 Å². The summed E-state index contributed by atoms with van der Waals surface area (Å²) in [6, 6.07) is 8.64. The van der Waals surface area contributed by atoms with Crippen molar-refractivity contribution in [1.82, 2.24) is 5.06 Å². The Balaban J connectivity index is 2.00. The standard InChI is InChI=1S/C15H17N3O4/c1-10-3-8-14(22-10)11(2)18(21)15(20)17-13-6-4-12(5-7-13)16-9-19/h3-9,11,21H,1-2H3,(H,16,19)(H,17,20). The van der Waals surface area contributed by atoms with E-state index in [-0.39, 0.29) is 0 Å². The van der Waals surface area contributed by atoms with Crippen LogP contribution in [0.5, 0.6) is 0 Å². The summed E-state index contributed by atoms with van der Waals surface area (Å²) in [4.78, 5) is 22.3. The average molecular weight is 303 g/mol. The van der Waals surface area contributed by atoms with Gasteiger partial charge in [-0.2, -0.15) is 5.06 Å². The molecule has 22 heavy (non-hydrogen) atoms. The van der Waals surface area contributed by atoms with E-state index in [9.17, 15) is 14.8 Å². The van der Waals surface area contributed by atoms with Crippen LogP contribution in [0.25, 0.3) is 0 Å². The molecule has 3 N–H and O–H groups in total. The van der Waals surface area contributed by atoms with Crippen molar-refractivity contribution < 1.29 is 19.2 Å². The molecule has 0 saturated heterocycles. The normalized spacial score (nSPS) is 11.6. The van der Waals surface area contributed by atoms with Crippen molar-refractivity contribution in [2.45, 2.75) is 19.9 Å². The molecule has 1 unspecified atom stereocenters. The van der Waals surface area contributed by atoms with E-state index >= 15 is 0 Å². The van der Waals surface area contributed by atoms with E-state index in [0.29, 0.717) is 34.4 Å². The van der Waals surface area contributed by atoms with Crippen LogP contribution in [0.3, 0.4) is 0 Å². The minimum atomic E-state index is -0.683. The van der Waals surface area contributed by atoms with Crippen molar-refractivity contribution in [2.24, 2.45) is 0 Å². The van der Waals surface area contributed by atoms with Gasteiger partial charge in [0.25, 0.3) is 0 Å². The highest BCUT2D eigenvalue weighted by atomic mass is 16.5. The first-order valence-corrected chi connectivity index (χ1v) is 6.67. The second-order valence-corrected chi connectivity index (χ2v) is 4.74. The second-order valence-electron chi connectivity index (χ2n) is 4.74. The number of anilines is 2. The van der Waals surface area contributed by atoms with Gasteiger partial charge in [-0.1, -0.05) is 0 Å². The van der Waals surface area contributed by atoms with E-state index < -0.39 is 12.1 Å². The first kappa shape index (κ1) is 15.6. The van der Waals surface area contributed by atoms with Gasteiger partial charge in [-0.15, -0.1) is 0 Å². The smallest absolute Gasteiger partial charge is 0.346 e. The number of benzene rings is 1. The summed E-state index contributed by atoms with van der Waals surface area (Å²) < 4.78 is 5.39. The van der Waals surface area contributed by atoms with Crippen LogP contribution in [0.2, 0.25) is 0 Å². The molecule has 0 spiro atoms. The molecule has 0 fully saturated rings. The van der Waals surface area contributed by atoms with Crippen LogP contribution in [-0.4, -0.2) is 22.7 Å². The summed E-state index contributed by atoms with van der Waals surface area (Å²) in [5, 5.41) is 15.6. The number of rotatable bonds is 5. The van der Waals surface area contributed by atoms with Gasteiger partial charge in [0.05, 0.1) is 0 Å². The Morgan fingerprint density at radius 1 is 1.23 bits per heavy atom. The molecule has 1 aromatic heterocycles. The molecule has 1 heterocycles. The Kier molecular flexibility index (Phi) is 4.80. The van der Waals surface area contributed by atoms with Gasteiger partial charge in [-0.3, -0.25) is 10.0 Å². The van der Waals surface area contributed by atoms with Gasteiger partial charge in [-0.05, 0) is 50.2 Å². The van der Waals surface area contributed by atoms with E-state index in [1.807, 2.05) is 0 Å². The summed E-state index contributed by atoms with van der Waals surface area (Å²) in [6.45, 7) is 3.43. The Morgan fingerprint density at radius 3 is 2.41 bits per heavy atom. The summed E-state index contributed by atoms with van der Waals surface area (Å²) in [6.07, 6.45) is 0.566. The van der Waals surface area contributed by atoms with E-state index in [1.165, 1.54) is 0 Å². The molecule has 1 aromatic carbocycles. The lowest BCUT2D eigenvalue weighted by Gasteiger charge is -2.21. The molecular weight excluding hydrogens is 286 g/mol. The van der Waals surface area contributed by atoms with E-state index in [2.05, 4.69) is 10.6 Å². The lowest BCUT2D eigenvalue weighted by atomic mass is 10.2. The van der Waals surface area contributed by atoms with Gasteiger partial charge in [0.15, 0.2) is 0 Å². The lowest BCUT2D eigenvalue weighted by Crippen LogP contribution is -2.34. The molecule has 0 radical (unpaired) electrons. The predicted molar refractivity (Wildman–Crippen MR) is 80.6 cm³/mol. The number of urea groups is 1. The minimum absolute atomic E-state index is 0.487. The monoisotopic (exact) mass is 303 g/mol. The number of nitrogens with zero attached hydrogens (tertiary/aromatic N) is 1. The molecule has 0 aliphatic carbocycles. The number of hydrogen-bond acceptors (Lipinski definition) is 4. The summed E-state index contributed by atoms with van der Waals surface area (Å²) in [5.74, 6) is 1.19. The fourth-order valence-electron chi connectivity index (χ4n) is 1.87. The van der Waals surface area contributed by atoms with Crippen molar-refractivity contribution in [1.29, 1.82) is 0 Å². The first-order chi connectivity index (χ1) is 10.5. The third-order valence-electron chi connectivity index (χ3n) is 3.11. The average Bonchev–Trinajstić information content (AvgIpc) is 2.94. The number of amides is 3. The third kappa shape index (κ3) is 3.64. The largest absolute Gasteiger partial charge is 0.464 e. The molecule has 116 valence electrons. The molecule has 2 rings (SSSR count). The molecule has 7 heteroatoms. The van der Waals surface area contributed by atoms with Gasteiger partial charge in [0.1, 0.15) is 17.6 Å². The Morgan fingerprint density at radius 2 is 1.86 bits per heavy atom. The number of nitrogens with one attached hydrogen (secondary N) is 2. The van der Waals surface area contributed by atoms with Crippen LogP contribution in [0.15, 0.2) is 40.8 Å². The van der Waals surface area contributed by atoms with Crippen molar-refractivity contribution in [2.75, 3.05) is 10.6 Å². The Bertz CT molecular complexity index is 651. The van der Waals surface area contributed by atoms with Crippen molar-refractivity contribution in [3.8, 4) is 0 Å². The van der Waals surface area contributed by atoms with Gasteiger partial charge in [-0.25, -0.2) is 4.79 Å². The highest BCUT2D eigenvalue weighted by Crippen LogP contribution is 2.22. The number of carbonyl (C=O) groups is 2. The number of aryl methyl sites for hydroxylation is 1. The first-order valence-electron chi connectivity index (χ1n) is 6.67. The fourth-order valence-corrected chi connectivity index (χ4v) is 1.87. The fraction of sp³-hybridized carbons (Fsp3) is 0.200. The predicted octanol–water partition coefficient (Wildman–Crippen LogP) is 3.14. The second kappa shape index (κ2) is 6.77. The number of hydroxylamine groups is 2. The maximum atomic E-state index is 12.0. The molecule has 0 saturated carbocycles. The zero-order chi connectivity index (χ0) is 16.1. The molecule has 0 aliphatic heterocycles. The molecule has 0 aliphatic rings. The molecule has 7 nitrogen and oxygen atoms in total. The van der Waals surface area contributed by atoms with Crippen LogP contribution < -0.4 is 10.6 Å². The zero-order valence-corrected chi connectivity index (χ0v) is 12.2. The summed E-state index contributed by atoms with van der Waals surface area (Å²) >= 11 is 0. The van der Waals surface area contributed by atoms with Gasteiger partial charge < -0.3 is 15.1 Å². The molecular formula is C15H17N3O4. The Hall–Kier alpha value is -2.80. The lowest BCUT2D eigenvalue weighted by molar-refractivity contribution is -0.105. The molecule has 3 amide bonds. The number of carbonyl (C=O) groups excluding carboxylic acids is 2. The topological polar surface area (TPSA) is 94.8 Å². The molecule has 2 aromatic rings. The number of hydrogen-bond donors (Lipinski definition) is 3. The van der Waals surface area contributed by atoms with Crippen LogP contribution in [0.4, 0.5) is 16.2 Å². The SMILES string of the molecule is Cc1ccc(C(C)N(O)C(=O)Nc2ccc(NC=O)cc2)o1. The van der Waals surface area contributed by atoms with Crippen molar-refractivity contribution in [3.05, 3.63) is 47.9 Å². The Labute approximate surface area is 127 Å². The maximum absolute atomic E-state index is 12.0. The van der Waals surface area contributed by atoms with Gasteiger partial charge in [0.2, 0.25) is 6.41 Å². The third-order valence-corrected chi connectivity index (χ3v) is 3.11. The van der Waals surface area contributed by atoms with E-state index in [1.54, 1.807) is 50.2 Å². The van der Waals surface area contributed by atoms with Crippen molar-refractivity contribution in [3.63, 3.8) is 0 Å². The highest BCUT2D eigenvalue weighted by molar-refractivity contribution is 5.89. The van der Waals surface area contributed by atoms with E-state index in [0.717, 1.165) is 0 Å². The maximum Gasteiger partial charge on any atom is 0.346 e. The van der Waals surface area contributed by atoms with Crippen molar-refractivity contribution >= 4 is 23.8 Å². The quantitative estimate of drug-likeness (QED) is 0.449. The van der Waals surface area contributed by atoms with Crippen LogP contribution >= 0.6 is 0 Å². The molecule has 1 atom stereocenters. The van der Waals surface area contributed by atoms with Crippen LogP contribution in [0.1, 0.15) is 24.5 Å². The highest BCUT2D eigenvalue weighted by Gasteiger charge is 2.22. The van der Waals surface area contributed by atoms with Gasteiger partial charge in [0, 0.05) is 11.4 Å².